The third-order valence-electron chi connectivity index (χ3n) is 4.67. The second-order valence-corrected chi connectivity index (χ2v) is 6.92. The van der Waals surface area contributed by atoms with Gasteiger partial charge in [-0.2, -0.15) is 0 Å². The van der Waals surface area contributed by atoms with Gasteiger partial charge in [0.2, 0.25) is 6.54 Å². The Hall–Kier alpha value is -2.73. The third-order valence-corrected chi connectivity index (χ3v) is 4.92. The van der Waals surface area contributed by atoms with E-state index in [-0.39, 0.29) is 6.54 Å². The van der Waals surface area contributed by atoms with Gasteiger partial charge in [0.15, 0.2) is 0 Å². The molecule has 2 heterocycles. The highest BCUT2D eigenvalue weighted by Crippen LogP contribution is 2.27. The van der Waals surface area contributed by atoms with Crippen molar-refractivity contribution in [3.05, 3.63) is 64.7 Å². The first kappa shape index (κ1) is 16.7. The summed E-state index contributed by atoms with van der Waals surface area (Å²) in [5.74, 6) is -1.10. The van der Waals surface area contributed by atoms with Gasteiger partial charge in [-0.15, -0.1) is 0 Å². The van der Waals surface area contributed by atoms with Crippen molar-refractivity contribution in [3.63, 3.8) is 0 Å². The lowest BCUT2D eigenvalue weighted by Crippen LogP contribution is -2.51. The lowest BCUT2D eigenvalue weighted by Gasteiger charge is -2.27. The number of carbonyl (C=O) groups is 2. The molecule has 0 spiro atoms. The Labute approximate surface area is 156 Å². The number of rotatable bonds is 3. The van der Waals surface area contributed by atoms with Crippen LogP contribution < -0.4 is 4.90 Å². The molecule has 0 aliphatic carbocycles. The minimum atomic E-state index is -0.595. The molecule has 1 atom stereocenters. The van der Waals surface area contributed by atoms with Crippen LogP contribution in [0.4, 0.5) is 5.69 Å². The van der Waals surface area contributed by atoms with Crippen LogP contribution in [0.25, 0.3) is 0 Å². The van der Waals surface area contributed by atoms with Gasteiger partial charge < -0.3 is 4.90 Å². The van der Waals surface area contributed by atoms with E-state index in [4.69, 9.17) is 11.6 Å². The first-order valence-corrected chi connectivity index (χ1v) is 8.82. The number of aryl methyl sites for hydroxylation is 1. The van der Waals surface area contributed by atoms with Crippen molar-refractivity contribution in [2.24, 2.45) is 5.11 Å². The number of amides is 2. The average molecular weight is 370 g/mol. The highest BCUT2D eigenvalue weighted by atomic mass is 35.5. The van der Waals surface area contributed by atoms with Crippen LogP contribution in [0.15, 0.2) is 53.6 Å². The second-order valence-electron chi connectivity index (χ2n) is 6.48. The molecule has 2 aromatic carbocycles. The minimum absolute atomic E-state index is 0.244. The number of azo groups is 2. The van der Waals surface area contributed by atoms with Crippen molar-refractivity contribution in [3.8, 4) is 0 Å². The van der Waals surface area contributed by atoms with Crippen molar-refractivity contribution in [1.29, 1.82) is 0 Å². The molecular formula is C19H18ClN4O2+. The summed E-state index contributed by atoms with van der Waals surface area (Å²) in [5, 5.41) is 5.18. The van der Waals surface area contributed by atoms with Gasteiger partial charge in [-0.3, -0.25) is 9.69 Å². The largest absolute Gasteiger partial charge is 0.502 e. The van der Waals surface area contributed by atoms with Gasteiger partial charge in [-0.1, -0.05) is 41.4 Å². The van der Waals surface area contributed by atoms with E-state index in [9.17, 15) is 9.59 Å². The molecule has 4 rings (SSSR count). The number of carbonyl (C=O) groups excluding carboxylic acids is 2. The first-order valence-electron chi connectivity index (χ1n) is 8.44. The normalized spacial score (nSPS) is 19.6. The van der Waals surface area contributed by atoms with Crippen molar-refractivity contribution in [1.82, 2.24) is 4.90 Å². The Balaban J connectivity index is 1.65. The zero-order valence-corrected chi connectivity index (χ0v) is 15.1. The van der Waals surface area contributed by atoms with E-state index in [0.29, 0.717) is 18.1 Å². The van der Waals surface area contributed by atoms with Gasteiger partial charge in [0.1, 0.15) is 0 Å². The number of hydrogen-bond donors (Lipinski definition) is 0. The van der Waals surface area contributed by atoms with Gasteiger partial charge >= 0.3 is 11.8 Å². The van der Waals surface area contributed by atoms with Crippen LogP contribution in [0.1, 0.15) is 11.1 Å². The molecule has 6 nitrogen and oxygen atoms in total. The topological polar surface area (TPSA) is 56.0 Å². The Bertz CT molecular complexity index is 893. The summed E-state index contributed by atoms with van der Waals surface area (Å²) in [5.41, 5.74) is 3.02. The van der Waals surface area contributed by atoms with Gasteiger partial charge in [-0.05, 0) is 35.9 Å². The number of fused-ring (bicyclic) bond motifs is 1. The maximum Gasteiger partial charge on any atom is 0.502 e. The summed E-state index contributed by atoms with van der Waals surface area (Å²) in [7, 11) is 0. The van der Waals surface area contributed by atoms with E-state index < -0.39 is 18.1 Å². The van der Waals surface area contributed by atoms with Gasteiger partial charge in [0.25, 0.3) is 6.29 Å². The fourth-order valence-corrected chi connectivity index (χ4v) is 3.36. The van der Waals surface area contributed by atoms with Crippen LogP contribution in [0.3, 0.4) is 0 Å². The molecule has 7 heteroatoms. The van der Waals surface area contributed by atoms with Crippen molar-refractivity contribution >= 4 is 29.1 Å². The molecule has 2 aromatic rings. The lowest BCUT2D eigenvalue weighted by atomic mass is 10.2. The summed E-state index contributed by atoms with van der Waals surface area (Å²) >= 11 is 5.91. The van der Waals surface area contributed by atoms with E-state index in [2.05, 4.69) is 5.11 Å². The molecule has 1 fully saturated rings. The van der Waals surface area contributed by atoms with E-state index in [1.54, 1.807) is 12.1 Å². The summed E-state index contributed by atoms with van der Waals surface area (Å²) < 4.78 is 1.26. The second kappa shape index (κ2) is 6.53. The molecule has 1 saturated heterocycles. The van der Waals surface area contributed by atoms with Crippen LogP contribution in [0.2, 0.25) is 5.02 Å². The van der Waals surface area contributed by atoms with Crippen LogP contribution in [-0.2, 0) is 16.1 Å². The number of benzene rings is 2. The van der Waals surface area contributed by atoms with Crippen molar-refractivity contribution in [2.45, 2.75) is 19.8 Å². The van der Waals surface area contributed by atoms with Crippen LogP contribution in [-0.4, -0.2) is 40.8 Å². The highest BCUT2D eigenvalue weighted by Gasteiger charge is 2.49. The van der Waals surface area contributed by atoms with Gasteiger partial charge in [-0.25, -0.2) is 4.79 Å². The number of halogens is 1. The Kier molecular flexibility index (Phi) is 4.20. The number of hydrogen-bond acceptors (Lipinski definition) is 4. The summed E-state index contributed by atoms with van der Waals surface area (Å²) in [6.07, 6.45) is -0.491. The molecule has 0 saturated carbocycles. The van der Waals surface area contributed by atoms with E-state index in [1.807, 2.05) is 48.2 Å². The predicted octanol–water partition coefficient (Wildman–Crippen LogP) is 2.79. The summed E-state index contributed by atoms with van der Waals surface area (Å²) in [6, 6.07) is 15.3. The molecule has 0 aromatic heterocycles. The van der Waals surface area contributed by atoms with Crippen molar-refractivity contribution < 1.29 is 14.3 Å². The first-order chi connectivity index (χ1) is 12.5. The average Bonchev–Trinajstić information content (AvgIpc) is 3.06. The van der Waals surface area contributed by atoms with Crippen LogP contribution in [0.5, 0.6) is 0 Å². The van der Waals surface area contributed by atoms with E-state index >= 15 is 0 Å². The molecule has 0 N–H and O–H groups in total. The summed E-state index contributed by atoms with van der Waals surface area (Å²) in [4.78, 5) is 28.5. The van der Waals surface area contributed by atoms with Gasteiger partial charge in [0, 0.05) is 34.5 Å². The molecule has 0 radical (unpaired) electrons. The molecule has 1 unspecified atom stereocenters. The zero-order valence-electron chi connectivity index (χ0n) is 14.3. The molecular weight excluding hydrogens is 352 g/mol. The quantitative estimate of drug-likeness (QED) is 0.617. The molecule has 2 amide bonds. The number of nitrogens with zero attached hydrogens (tertiary/aromatic N) is 4. The monoisotopic (exact) mass is 369 g/mol. The number of anilines is 1. The molecule has 0 bridgehead atoms. The van der Waals surface area contributed by atoms with Crippen molar-refractivity contribution in [2.75, 3.05) is 18.0 Å². The maximum absolute atomic E-state index is 12.5. The molecule has 132 valence electrons. The maximum atomic E-state index is 12.5. The third kappa shape index (κ3) is 2.97. The smallest absolute Gasteiger partial charge is 0.326 e. The van der Waals surface area contributed by atoms with Crippen LogP contribution >= 0.6 is 11.6 Å². The predicted molar refractivity (Wildman–Crippen MR) is 96.9 cm³/mol. The SMILES string of the molecule is Cc1ccc(N2CCN3C(=O)C(=O)[N+](Cc4ccc(Cl)cc4)=NC32)cc1. The molecule has 2 aliphatic heterocycles. The van der Waals surface area contributed by atoms with E-state index in [1.165, 1.54) is 15.2 Å². The fourth-order valence-electron chi connectivity index (χ4n) is 3.23. The Morgan fingerprint density at radius 3 is 2.38 bits per heavy atom. The minimum Gasteiger partial charge on any atom is -0.326 e. The zero-order chi connectivity index (χ0) is 18.3. The Morgan fingerprint density at radius 2 is 1.69 bits per heavy atom. The lowest BCUT2D eigenvalue weighted by molar-refractivity contribution is -0.534. The fraction of sp³-hybridized carbons (Fsp3) is 0.263. The van der Waals surface area contributed by atoms with Crippen LogP contribution in [0, 0.1) is 6.92 Å². The summed E-state index contributed by atoms with van der Waals surface area (Å²) in [6.45, 7) is 3.40. The molecule has 2 aliphatic rings. The Morgan fingerprint density at radius 1 is 1.04 bits per heavy atom. The highest BCUT2D eigenvalue weighted by molar-refractivity contribution is 6.31. The van der Waals surface area contributed by atoms with Gasteiger partial charge in [0.05, 0.1) is 0 Å². The van der Waals surface area contributed by atoms with E-state index in [0.717, 1.165) is 11.3 Å². The molecule has 26 heavy (non-hydrogen) atoms. The standard InChI is InChI=1S/C19H18ClN4O2/c1-13-2-8-16(9-3-13)22-10-11-23-17(25)18(26)24(21-19(22)23)12-14-4-6-15(20)7-5-14/h2-9,19H,10-12H2,1H3/q+1.